The summed E-state index contributed by atoms with van der Waals surface area (Å²) in [6, 6.07) is 3.28. The monoisotopic (exact) mass is 288 g/mol. The predicted octanol–water partition coefficient (Wildman–Crippen LogP) is 0.0194. The molecule has 1 amide bonds. The molecule has 3 N–H and O–H groups in total. The lowest BCUT2D eigenvalue weighted by atomic mass is 10.3. The quantitative estimate of drug-likeness (QED) is 0.725. The average molecular weight is 289 g/mol. The molecule has 0 aliphatic carbocycles. The van der Waals surface area contributed by atoms with Gasteiger partial charge in [-0.1, -0.05) is 0 Å². The van der Waals surface area contributed by atoms with Crippen molar-refractivity contribution in [2.75, 3.05) is 6.54 Å². The first-order valence-electron chi connectivity index (χ1n) is 4.32. The summed E-state index contributed by atoms with van der Waals surface area (Å²) in [5, 5.41) is 19.6. The zero-order valence-corrected chi connectivity index (χ0v) is 9.64. The topological polar surface area (TPSA) is 99.5 Å². The van der Waals surface area contributed by atoms with Crippen LogP contribution in [0.1, 0.15) is 10.5 Å². The lowest BCUT2D eigenvalue weighted by Crippen LogP contribution is -2.36. The van der Waals surface area contributed by atoms with Crippen LogP contribution in [0.25, 0.3) is 0 Å². The van der Waals surface area contributed by atoms with Crippen molar-refractivity contribution in [1.82, 2.24) is 10.3 Å². The Bertz CT molecular complexity index is 410. The molecule has 1 aromatic rings. The van der Waals surface area contributed by atoms with E-state index in [1.54, 1.807) is 12.1 Å². The van der Waals surface area contributed by atoms with E-state index in [0.29, 0.717) is 4.47 Å². The number of carbonyl (C=O) groups is 2. The van der Waals surface area contributed by atoms with Crippen LogP contribution in [-0.2, 0) is 4.79 Å². The van der Waals surface area contributed by atoms with Crippen molar-refractivity contribution in [3.8, 4) is 0 Å². The zero-order chi connectivity index (χ0) is 12.1. The van der Waals surface area contributed by atoms with Crippen LogP contribution in [-0.4, -0.2) is 39.7 Å². The maximum Gasteiger partial charge on any atom is 0.334 e. The number of hydrogen-bond acceptors (Lipinski definition) is 4. The average Bonchev–Trinajstić information content (AvgIpc) is 2.25. The van der Waals surface area contributed by atoms with Gasteiger partial charge in [-0.05, 0) is 28.1 Å². The highest BCUT2D eigenvalue weighted by Crippen LogP contribution is 2.12. The minimum atomic E-state index is -1.62. The maximum atomic E-state index is 11.5. The van der Waals surface area contributed by atoms with Crippen molar-refractivity contribution in [2.45, 2.75) is 6.10 Å². The molecule has 0 aromatic carbocycles. The molecule has 0 unspecified atom stereocenters. The fourth-order valence-corrected chi connectivity index (χ4v) is 1.35. The number of aliphatic hydroxyl groups is 1. The number of carboxylic acid groups (broad SMARTS) is 1. The molecule has 1 atom stereocenters. The molecule has 16 heavy (non-hydrogen) atoms. The van der Waals surface area contributed by atoms with Gasteiger partial charge in [0.05, 0.1) is 6.54 Å². The van der Waals surface area contributed by atoms with E-state index in [2.05, 4.69) is 26.2 Å². The third kappa shape index (κ3) is 3.28. The lowest BCUT2D eigenvalue weighted by Gasteiger charge is -2.07. The van der Waals surface area contributed by atoms with Gasteiger partial charge in [0.1, 0.15) is 5.69 Å². The van der Waals surface area contributed by atoms with E-state index in [0.717, 1.165) is 0 Å². The Morgan fingerprint density at radius 2 is 2.25 bits per heavy atom. The molecule has 7 heteroatoms. The molecule has 1 aromatic heterocycles. The van der Waals surface area contributed by atoms with Crippen LogP contribution < -0.4 is 5.32 Å². The first-order chi connectivity index (χ1) is 7.52. The minimum Gasteiger partial charge on any atom is -0.479 e. The Balaban J connectivity index is 2.60. The summed E-state index contributed by atoms with van der Waals surface area (Å²) in [4.78, 5) is 25.6. The molecule has 1 heterocycles. The van der Waals surface area contributed by atoms with Crippen LogP contribution >= 0.6 is 15.9 Å². The third-order valence-corrected chi connectivity index (χ3v) is 2.35. The second-order valence-corrected chi connectivity index (χ2v) is 3.75. The van der Waals surface area contributed by atoms with Gasteiger partial charge in [-0.15, -0.1) is 0 Å². The molecule has 0 aliphatic heterocycles. The Kier molecular flexibility index (Phi) is 4.39. The number of carboxylic acids is 1. The van der Waals surface area contributed by atoms with Crippen molar-refractivity contribution in [2.24, 2.45) is 0 Å². The number of carbonyl (C=O) groups excluding carboxylic acids is 1. The lowest BCUT2D eigenvalue weighted by molar-refractivity contribution is -0.146. The molecule has 86 valence electrons. The van der Waals surface area contributed by atoms with E-state index < -0.39 is 18.0 Å². The molecule has 0 bridgehead atoms. The van der Waals surface area contributed by atoms with E-state index in [4.69, 9.17) is 10.2 Å². The smallest absolute Gasteiger partial charge is 0.334 e. The molecule has 0 spiro atoms. The van der Waals surface area contributed by atoms with E-state index in [9.17, 15) is 9.59 Å². The molecule has 6 nitrogen and oxygen atoms in total. The molecular weight excluding hydrogens is 280 g/mol. The van der Waals surface area contributed by atoms with E-state index in [1.807, 2.05) is 0 Å². The Labute approximate surface area is 99.4 Å². The number of aromatic nitrogens is 1. The molecule has 0 saturated heterocycles. The summed E-state index contributed by atoms with van der Waals surface area (Å²) < 4.78 is 0.498. The van der Waals surface area contributed by atoms with Crippen LogP contribution in [0.15, 0.2) is 22.8 Å². The number of aliphatic carboxylic acids is 1. The third-order valence-electron chi connectivity index (χ3n) is 1.71. The van der Waals surface area contributed by atoms with Gasteiger partial charge in [0, 0.05) is 10.7 Å². The number of pyridine rings is 1. The highest BCUT2D eigenvalue weighted by atomic mass is 79.9. The fourth-order valence-electron chi connectivity index (χ4n) is 0.913. The van der Waals surface area contributed by atoms with Gasteiger partial charge in [-0.25, -0.2) is 9.78 Å². The zero-order valence-electron chi connectivity index (χ0n) is 8.05. The number of halogens is 1. The van der Waals surface area contributed by atoms with Crippen LogP contribution in [0.5, 0.6) is 0 Å². The van der Waals surface area contributed by atoms with E-state index in [1.165, 1.54) is 6.20 Å². The predicted molar refractivity (Wildman–Crippen MR) is 57.9 cm³/mol. The van der Waals surface area contributed by atoms with Gasteiger partial charge in [-0.2, -0.15) is 0 Å². The van der Waals surface area contributed by atoms with Gasteiger partial charge >= 0.3 is 5.97 Å². The van der Waals surface area contributed by atoms with Gasteiger partial charge in [0.2, 0.25) is 0 Å². The number of rotatable bonds is 4. The summed E-state index contributed by atoms with van der Waals surface area (Å²) in [5.41, 5.74) is 0.139. The largest absolute Gasteiger partial charge is 0.479 e. The molecular formula is C9H9BrN2O4. The van der Waals surface area contributed by atoms with Crippen molar-refractivity contribution in [3.05, 3.63) is 28.5 Å². The maximum absolute atomic E-state index is 11.5. The SMILES string of the molecule is O=C(NC[C@H](O)C(=O)O)c1ncccc1Br. The number of amides is 1. The van der Waals surface area contributed by atoms with Crippen LogP contribution in [0, 0.1) is 0 Å². The summed E-state index contributed by atoms with van der Waals surface area (Å²) in [6.07, 6.45) is -0.181. The van der Waals surface area contributed by atoms with Crippen LogP contribution in [0.4, 0.5) is 0 Å². The molecule has 0 radical (unpaired) electrons. The van der Waals surface area contributed by atoms with Gasteiger partial charge in [-0.3, -0.25) is 4.79 Å². The van der Waals surface area contributed by atoms with Crippen molar-refractivity contribution in [1.29, 1.82) is 0 Å². The van der Waals surface area contributed by atoms with E-state index in [-0.39, 0.29) is 12.2 Å². The Morgan fingerprint density at radius 3 is 2.81 bits per heavy atom. The van der Waals surface area contributed by atoms with Gasteiger partial charge in [0.15, 0.2) is 6.10 Å². The Hall–Kier alpha value is -1.47. The summed E-state index contributed by atoms with van der Waals surface area (Å²) >= 11 is 3.13. The Morgan fingerprint density at radius 1 is 1.56 bits per heavy atom. The van der Waals surface area contributed by atoms with Crippen molar-refractivity contribution < 1.29 is 19.8 Å². The van der Waals surface area contributed by atoms with Gasteiger partial charge in [0.25, 0.3) is 5.91 Å². The van der Waals surface area contributed by atoms with Crippen molar-refractivity contribution in [3.63, 3.8) is 0 Å². The highest BCUT2D eigenvalue weighted by Gasteiger charge is 2.16. The highest BCUT2D eigenvalue weighted by molar-refractivity contribution is 9.10. The van der Waals surface area contributed by atoms with Gasteiger partial charge < -0.3 is 15.5 Å². The second-order valence-electron chi connectivity index (χ2n) is 2.90. The fraction of sp³-hybridized carbons (Fsp3) is 0.222. The number of nitrogens with one attached hydrogen (secondary N) is 1. The molecule has 0 saturated carbocycles. The summed E-state index contributed by atoms with van der Waals surface area (Å²) in [7, 11) is 0. The van der Waals surface area contributed by atoms with Crippen LogP contribution in [0.3, 0.4) is 0 Å². The number of nitrogens with zero attached hydrogens (tertiary/aromatic N) is 1. The number of aliphatic hydroxyl groups excluding tert-OH is 1. The van der Waals surface area contributed by atoms with Crippen molar-refractivity contribution >= 4 is 27.8 Å². The first kappa shape index (κ1) is 12.6. The summed E-state index contributed by atoms with van der Waals surface area (Å²) in [5.74, 6) is -1.94. The van der Waals surface area contributed by atoms with Crippen LogP contribution in [0.2, 0.25) is 0 Å². The normalized spacial score (nSPS) is 11.9. The first-order valence-corrected chi connectivity index (χ1v) is 5.11. The van der Waals surface area contributed by atoms with E-state index >= 15 is 0 Å². The summed E-state index contributed by atoms with van der Waals surface area (Å²) in [6.45, 7) is -0.364. The molecule has 1 rings (SSSR count). The minimum absolute atomic E-state index is 0.139. The standard InChI is InChI=1S/C9H9BrN2O4/c10-5-2-1-3-11-7(5)8(14)12-4-6(13)9(15)16/h1-3,6,13H,4H2,(H,12,14)(H,15,16)/t6-/m0/s1. The number of hydrogen-bond donors (Lipinski definition) is 3. The second kappa shape index (κ2) is 5.57. The molecule has 0 fully saturated rings. The molecule has 0 aliphatic rings.